The number of halogens is 4. The molecule has 0 saturated heterocycles. The van der Waals surface area contributed by atoms with Gasteiger partial charge in [-0.05, 0) is 36.8 Å². The third-order valence-electron chi connectivity index (χ3n) is 1.88. The number of aryl methyl sites for hydroxylation is 1. The number of thiocarbonyl (C=S) groups is 1. The van der Waals surface area contributed by atoms with Crippen LogP contribution >= 0.6 is 12.2 Å². The number of anilines is 1. The second kappa shape index (κ2) is 4.25. The second-order valence-electron chi connectivity index (χ2n) is 3.13. The Bertz CT molecular complexity index is 428. The van der Waals surface area contributed by atoms with Crippen LogP contribution < -0.4 is 11.1 Å². The molecule has 0 aromatic heterocycles. The lowest BCUT2D eigenvalue weighted by Crippen LogP contribution is -2.20. The average molecular weight is 252 g/mol. The summed E-state index contributed by atoms with van der Waals surface area (Å²) in [4.78, 5) is 0. The first kappa shape index (κ1) is 12.7. The van der Waals surface area contributed by atoms with Crippen LogP contribution in [0.15, 0.2) is 12.1 Å². The lowest BCUT2D eigenvalue weighted by Gasteiger charge is -2.13. The van der Waals surface area contributed by atoms with Gasteiger partial charge in [0.1, 0.15) is 5.82 Å². The molecule has 3 N–H and O–H groups in total. The maximum absolute atomic E-state index is 13.2. The van der Waals surface area contributed by atoms with Gasteiger partial charge in [-0.3, -0.25) is 0 Å². The van der Waals surface area contributed by atoms with Crippen molar-refractivity contribution in [1.82, 2.24) is 0 Å². The molecule has 0 aliphatic heterocycles. The third-order valence-corrected chi connectivity index (χ3v) is 1.98. The van der Waals surface area contributed by atoms with Gasteiger partial charge in [0, 0.05) is 0 Å². The molecule has 0 spiro atoms. The minimum absolute atomic E-state index is 0.104. The smallest absolute Gasteiger partial charge is 0.376 e. The van der Waals surface area contributed by atoms with Crippen LogP contribution in [0.3, 0.4) is 0 Å². The minimum Gasteiger partial charge on any atom is -0.376 e. The fourth-order valence-corrected chi connectivity index (χ4v) is 1.33. The first-order valence-electron chi connectivity index (χ1n) is 4.15. The largest absolute Gasteiger partial charge is 0.416 e. The van der Waals surface area contributed by atoms with E-state index in [0.717, 1.165) is 6.07 Å². The van der Waals surface area contributed by atoms with Crippen LogP contribution in [0.1, 0.15) is 11.1 Å². The van der Waals surface area contributed by atoms with Crippen LogP contribution in [0.2, 0.25) is 0 Å². The van der Waals surface area contributed by atoms with Crippen molar-refractivity contribution in [2.45, 2.75) is 13.1 Å². The molecule has 0 fully saturated rings. The van der Waals surface area contributed by atoms with E-state index in [9.17, 15) is 17.6 Å². The zero-order valence-corrected chi connectivity index (χ0v) is 8.97. The molecule has 0 saturated carbocycles. The predicted molar refractivity (Wildman–Crippen MR) is 56.5 cm³/mol. The lowest BCUT2D eigenvalue weighted by atomic mass is 10.1. The Hall–Kier alpha value is -1.37. The normalized spacial score (nSPS) is 11.3. The molecule has 0 aliphatic rings. The summed E-state index contributed by atoms with van der Waals surface area (Å²) in [6.07, 6.45) is -4.58. The van der Waals surface area contributed by atoms with Crippen LogP contribution in [0.5, 0.6) is 0 Å². The number of hydrogen-bond donors (Lipinski definition) is 2. The highest BCUT2D eigenvalue weighted by Gasteiger charge is 2.33. The summed E-state index contributed by atoms with van der Waals surface area (Å²) < 4.78 is 50.4. The van der Waals surface area contributed by atoms with Crippen LogP contribution in [0.25, 0.3) is 0 Å². The van der Waals surface area contributed by atoms with Crippen molar-refractivity contribution < 1.29 is 17.6 Å². The summed E-state index contributed by atoms with van der Waals surface area (Å²) in [6.45, 7) is 1.23. The summed E-state index contributed by atoms with van der Waals surface area (Å²) >= 11 is 4.46. The molecule has 7 heteroatoms. The van der Waals surface area contributed by atoms with Crippen LogP contribution in [-0.4, -0.2) is 5.11 Å². The van der Waals surface area contributed by atoms with Crippen molar-refractivity contribution >= 4 is 23.0 Å². The Morgan fingerprint density at radius 1 is 1.38 bits per heavy atom. The standard InChI is InChI=1S/C9H8F4N2S/c1-4-2-7(15-8(14)16)6(10)3-5(4)9(11,12)13/h2-3H,1H3,(H3,14,15,16). The molecule has 1 aromatic carbocycles. The van der Waals surface area contributed by atoms with E-state index in [1.54, 1.807) is 0 Å². The van der Waals surface area contributed by atoms with Crippen molar-refractivity contribution in [2.24, 2.45) is 5.73 Å². The van der Waals surface area contributed by atoms with Crippen molar-refractivity contribution in [2.75, 3.05) is 5.32 Å². The van der Waals surface area contributed by atoms with Gasteiger partial charge in [0.2, 0.25) is 0 Å². The molecular formula is C9H8F4N2S. The highest BCUT2D eigenvalue weighted by Crippen LogP contribution is 2.34. The summed E-state index contributed by atoms with van der Waals surface area (Å²) in [5, 5.41) is 2.05. The first-order chi connectivity index (χ1) is 7.21. The predicted octanol–water partition coefficient (Wildman–Crippen LogP) is 2.81. The summed E-state index contributed by atoms with van der Waals surface area (Å²) in [7, 11) is 0. The van der Waals surface area contributed by atoms with Gasteiger partial charge >= 0.3 is 6.18 Å². The SMILES string of the molecule is Cc1cc(NC(N)=S)c(F)cc1C(F)(F)F. The van der Waals surface area contributed by atoms with Gasteiger partial charge in [0.05, 0.1) is 11.3 Å². The van der Waals surface area contributed by atoms with E-state index < -0.39 is 17.6 Å². The molecular weight excluding hydrogens is 244 g/mol. The van der Waals surface area contributed by atoms with E-state index in [1.807, 2.05) is 0 Å². The molecule has 0 atom stereocenters. The molecule has 1 rings (SSSR count). The number of rotatable bonds is 1. The van der Waals surface area contributed by atoms with E-state index in [1.165, 1.54) is 6.92 Å². The Morgan fingerprint density at radius 3 is 2.38 bits per heavy atom. The van der Waals surface area contributed by atoms with Gasteiger partial charge < -0.3 is 11.1 Å². The number of benzene rings is 1. The Labute approximate surface area is 94.4 Å². The van der Waals surface area contributed by atoms with Gasteiger partial charge in [-0.25, -0.2) is 4.39 Å². The summed E-state index contributed by atoms with van der Waals surface area (Å²) in [5.74, 6) is -1.05. The number of nitrogens with two attached hydrogens (primary N) is 1. The molecule has 0 amide bonds. The molecule has 0 unspecified atom stereocenters. The Kier molecular flexibility index (Phi) is 3.37. The topological polar surface area (TPSA) is 38.0 Å². The van der Waals surface area contributed by atoms with Crippen molar-refractivity contribution in [3.8, 4) is 0 Å². The van der Waals surface area contributed by atoms with Crippen LogP contribution in [0, 0.1) is 12.7 Å². The highest BCUT2D eigenvalue weighted by atomic mass is 32.1. The number of hydrogen-bond acceptors (Lipinski definition) is 1. The molecule has 16 heavy (non-hydrogen) atoms. The van der Waals surface area contributed by atoms with E-state index in [0.29, 0.717) is 6.07 Å². The molecule has 0 radical (unpaired) electrons. The van der Waals surface area contributed by atoms with Gasteiger partial charge in [0.25, 0.3) is 0 Å². The molecule has 0 aliphatic carbocycles. The highest BCUT2D eigenvalue weighted by molar-refractivity contribution is 7.80. The molecule has 0 heterocycles. The number of nitrogens with one attached hydrogen (secondary N) is 1. The summed E-state index contributed by atoms with van der Waals surface area (Å²) in [5.41, 5.74) is 3.81. The summed E-state index contributed by atoms with van der Waals surface area (Å²) in [6, 6.07) is 1.42. The third kappa shape index (κ3) is 2.82. The van der Waals surface area contributed by atoms with Crippen molar-refractivity contribution in [3.05, 3.63) is 29.1 Å². The fraction of sp³-hybridized carbons (Fsp3) is 0.222. The van der Waals surface area contributed by atoms with Crippen molar-refractivity contribution in [1.29, 1.82) is 0 Å². The Morgan fingerprint density at radius 2 is 1.94 bits per heavy atom. The quantitative estimate of drug-likeness (QED) is 0.596. The van der Waals surface area contributed by atoms with Gasteiger partial charge in [-0.2, -0.15) is 13.2 Å². The second-order valence-corrected chi connectivity index (χ2v) is 3.57. The lowest BCUT2D eigenvalue weighted by molar-refractivity contribution is -0.138. The number of alkyl halides is 3. The fourth-order valence-electron chi connectivity index (χ4n) is 1.22. The van der Waals surface area contributed by atoms with E-state index in [2.05, 4.69) is 17.5 Å². The Balaban J connectivity index is 3.22. The molecule has 2 nitrogen and oxygen atoms in total. The molecule has 0 bridgehead atoms. The van der Waals surface area contributed by atoms with Gasteiger partial charge in [-0.1, -0.05) is 0 Å². The minimum atomic E-state index is -4.58. The molecule has 88 valence electrons. The zero-order valence-electron chi connectivity index (χ0n) is 8.15. The first-order valence-corrected chi connectivity index (χ1v) is 4.56. The van der Waals surface area contributed by atoms with E-state index >= 15 is 0 Å². The van der Waals surface area contributed by atoms with Crippen LogP contribution in [0.4, 0.5) is 23.2 Å². The van der Waals surface area contributed by atoms with Gasteiger partial charge in [0.15, 0.2) is 5.11 Å². The monoisotopic (exact) mass is 252 g/mol. The molecule has 1 aromatic rings. The van der Waals surface area contributed by atoms with E-state index in [-0.39, 0.29) is 16.4 Å². The zero-order chi connectivity index (χ0) is 12.5. The van der Waals surface area contributed by atoms with Crippen LogP contribution in [-0.2, 0) is 6.18 Å². The average Bonchev–Trinajstić information content (AvgIpc) is 2.07. The maximum atomic E-state index is 13.2. The van der Waals surface area contributed by atoms with E-state index in [4.69, 9.17) is 5.73 Å². The maximum Gasteiger partial charge on any atom is 0.416 e. The van der Waals surface area contributed by atoms with Crippen molar-refractivity contribution in [3.63, 3.8) is 0 Å². The van der Waals surface area contributed by atoms with Gasteiger partial charge in [-0.15, -0.1) is 0 Å².